The predicted molar refractivity (Wildman–Crippen MR) is 134 cm³/mol. The van der Waals surface area contributed by atoms with E-state index in [4.69, 9.17) is 15.3 Å². The van der Waals surface area contributed by atoms with Crippen molar-refractivity contribution < 1.29 is 27.6 Å². The molecule has 2 aliphatic heterocycles. The molecule has 2 atom stereocenters. The van der Waals surface area contributed by atoms with E-state index in [-0.39, 0.29) is 24.6 Å². The number of nitrogens with two attached hydrogens (primary N) is 1. The Kier molecular flexibility index (Phi) is 8.23. The first-order valence-electron chi connectivity index (χ1n) is 11.8. The summed E-state index contributed by atoms with van der Waals surface area (Å²) in [6.45, 7) is 0.459. The van der Waals surface area contributed by atoms with E-state index in [0.29, 0.717) is 42.9 Å². The molecule has 1 unspecified atom stereocenters. The Morgan fingerprint density at radius 2 is 2.00 bits per heavy atom. The molecule has 0 saturated carbocycles. The van der Waals surface area contributed by atoms with E-state index in [2.05, 4.69) is 10.8 Å². The number of ether oxygens (including phenoxy) is 1. The van der Waals surface area contributed by atoms with Crippen LogP contribution >= 0.6 is 11.3 Å². The quantitative estimate of drug-likeness (QED) is 0.454. The molecule has 2 fully saturated rings. The van der Waals surface area contributed by atoms with E-state index in [1.165, 1.54) is 11.3 Å². The highest BCUT2D eigenvalue weighted by molar-refractivity contribution is 7.92. The number of carbonyl (C=O) groups is 2. The highest BCUT2D eigenvalue weighted by Gasteiger charge is 2.49. The van der Waals surface area contributed by atoms with Crippen LogP contribution in [0.25, 0.3) is 10.4 Å². The average molecular weight is 522 g/mol. The van der Waals surface area contributed by atoms with Gasteiger partial charge in [-0.25, -0.2) is 18.7 Å². The standard InChI is InChI=1S/C24H31N3O6S2/c25-16-22(29)26-18-7-5-6-17(14-18)19-9-10-20(34-19)24(11-2-4-13-35(24,30)31)15-21(28)27-33-23-8-1-3-12-32-23/h5-7,9-10,14,23H,1-4,8,11-13,15-16,25H2,(H,26,29)(H,27,28)/t23?,24-/m0/s1. The Morgan fingerprint density at radius 1 is 1.14 bits per heavy atom. The molecule has 0 radical (unpaired) electrons. The zero-order valence-corrected chi connectivity index (χ0v) is 21.1. The summed E-state index contributed by atoms with van der Waals surface area (Å²) in [6.07, 6.45) is 3.54. The van der Waals surface area contributed by atoms with Gasteiger partial charge in [0.25, 0.3) is 0 Å². The Morgan fingerprint density at radius 3 is 2.74 bits per heavy atom. The van der Waals surface area contributed by atoms with Gasteiger partial charge in [-0.3, -0.25) is 9.59 Å². The number of nitrogens with one attached hydrogen (secondary N) is 2. The van der Waals surface area contributed by atoms with E-state index in [1.807, 2.05) is 24.3 Å². The van der Waals surface area contributed by atoms with Crippen molar-refractivity contribution in [3.05, 3.63) is 41.3 Å². The van der Waals surface area contributed by atoms with Crippen LogP contribution in [0, 0.1) is 0 Å². The minimum Gasteiger partial charge on any atom is -0.350 e. The van der Waals surface area contributed by atoms with Crippen LogP contribution in [0.5, 0.6) is 0 Å². The molecule has 4 rings (SSSR count). The fraction of sp³-hybridized carbons (Fsp3) is 0.500. The first-order chi connectivity index (χ1) is 16.8. The SMILES string of the molecule is NCC(=O)Nc1cccc(-c2ccc([C@@]3(CC(=O)NOC4CCCCO4)CCCCS3(=O)=O)s2)c1. The highest BCUT2D eigenvalue weighted by atomic mass is 32.2. The van der Waals surface area contributed by atoms with Gasteiger partial charge in [0.2, 0.25) is 11.8 Å². The van der Waals surface area contributed by atoms with Gasteiger partial charge < -0.3 is 15.8 Å². The molecule has 2 saturated heterocycles. The third kappa shape index (κ3) is 5.92. The number of benzene rings is 1. The zero-order valence-electron chi connectivity index (χ0n) is 19.5. The number of anilines is 1. The molecule has 0 bridgehead atoms. The summed E-state index contributed by atoms with van der Waals surface area (Å²) in [5.41, 5.74) is 9.25. The third-order valence-corrected chi connectivity index (χ3v) is 10.5. The van der Waals surface area contributed by atoms with Crippen molar-refractivity contribution in [2.24, 2.45) is 5.73 Å². The van der Waals surface area contributed by atoms with Gasteiger partial charge in [-0.05, 0) is 55.5 Å². The Labute approximate surface area is 209 Å². The van der Waals surface area contributed by atoms with Crippen LogP contribution in [0.15, 0.2) is 36.4 Å². The number of rotatable bonds is 8. The van der Waals surface area contributed by atoms with Gasteiger partial charge in [-0.15, -0.1) is 11.3 Å². The third-order valence-electron chi connectivity index (χ3n) is 6.40. The van der Waals surface area contributed by atoms with E-state index < -0.39 is 26.8 Å². The summed E-state index contributed by atoms with van der Waals surface area (Å²) >= 11 is 1.35. The van der Waals surface area contributed by atoms with Gasteiger partial charge in [0.05, 0.1) is 18.7 Å². The maximum atomic E-state index is 13.4. The molecule has 1 aromatic carbocycles. The number of hydrogen-bond donors (Lipinski definition) is 3. The molecular formula is C24H31N3O6S2. The summed E-state index contributed by atoms with van der Waals surface area (Å²) in [7, 11) is -3.58. The molecule has 2 aliphatic rings. The molecule has 3 heterocycles. The van der Waals surface area contributed by atoms with E-state index in [1.54, 1.807) is 12.1 Å². The van der Waals surface area contributed by atoms with Crippen LogP contribution in [0.1, 0.15) is 49.8 Å². The Balaban J connectivity index is 1.57. The van der Waals surface area contributed by atoms with Gasteiger partial charge in [-0.1, -0.05) is 18.6 Å². The summed E-state index contributed by atoms with van der Waals surface area (Å²) in [5, 5.41) is 2.73. The highest BCUT2D eigenvalue weighted by Crippen LogP contribution is 2.47. The second-order valence-corrected chi connectivity index (χ2v) is 12.4. The molecule has 4 N–H and O–H groups in total. The fourth-order valence-corrected chi connectivity index (χ4v) is 8.32. The second kappa shape index (κ2) is 11.2. The zero-order chi connectivity index (χ0) is 24.9. The van der Waals surface area contributed by atoms with Crippen molar-refractivity contribution in [3.8, 4) is 10.4 Å². The van der Waals surface area contributed by atoms with Crippen molar-refractivity contribution in [1.82, 2.24) is 5.48 Å². The molecule has 9 nitrogen and oxygen atoms in total. The first-order valence-corrected chi connectivity index (χ1v) is 14.3. The number of hydrogen-bond acceptors (Lipinski definition) is 8. The Bertz CT molecular complexity index is 1160. The van der Waals surface area contributed by atoms with Crippen molar-refractivity contribution in [3.63, 3.8) is 0 Å². The molecule has 0 aliphatic carbocycles. The maximum absolute atomic E-state index is 13.4. The van der Waals surface area contributed by atoms with Gasteiger partial charge in [-0.2, -0.15) is 0 Å². The summed E-state index contributed by atoms with van der Waals surface area (Å²) in [5.74, 6) is -0.736. The average Bonchev–Trinajstić information content (AvgIpc) is 3.36. The maximum Gasteiger partial charge on any atom is 0.245 e. The van der Waals surface area contributed by atoms with Crippen LogP contribution in [0.2, 0.25) is 0 Å². The molecule has 35 heavy (non-hydrogen) atoms. The van der Waals surface area contributed by atoms with Crippen LogP contribution in [0.4, 0.5) is 5.69 Å². The smallest absolute Gasteiger partial charge is 0.245 e. The molecule has 0 spiro atoms. The van der Waals surface area contributed by atoms with Crippen LogP contribution < -0.4 is 16.5 Å². The molecule has 190 valence electrons. The minimum atomic E-state index is -3.58. The van der Waals surface area contributed by atoms with Crippen LogP contribution in [-0.4, -0.2) is 45.4 Å². The lowest BCUT2D eigenvalue weighted by Crippen LogP contribution is -2.45. The van der Waals surface area contributed by atoms with Crippen LogP contribution in [0.3, 0.4) is 0 Å². The van der Waals surface area contributed by atoms with E-state index >= 15 is 0 Å². The van der Waals surface area contributed by atoms with Gasteiger partial charge in [0.15, 0.2) is 16.1 Å². The number of amides is 2. The summed E-state index contributed by atoms with van der Waals surface area (Å²) < 4.78 is 31.0. The van der Waals surface area contributed by atoms with Gasteiger partial charge in [0.1, 0.15) is 4.75 Å². The second-order valence-electron chi connectivity index (χ2n) is 8.88. The number of carbonyl (C=O) groups excluding carboxylic acids is 2. The van der Waals surface area contributed by atoms with Crippen molar-refractivity contribution in [2.45, 2.75) is 56.0 Å². The van der Waals surface area contributed by atoms with Crippen molar-refractivity contribution in [1.29, 1.82) is 0 Å². The molecule has 11 heteroatoms. The lowest BCUT2D eigenvalue weighted by atomic mass is 9.94. The summed E-state index contributed by atoms with van der Waals surface area (Å²) in [6, 6.07) is 10.9. The fourth-order valence-electron chi connectivity index (χ4n) is 4.55. The lowest BCUT2D eigenvalue weighted by Gasteiger charge is -2.35. The molecule has 2 amide bonds. The summed E-state index contributed by atoms with van der Waals surface area (Å²) in [4.78, 5) is 31.4. The number of sulfone groups is 1. The molecule has 1 aromatic heterocycles. The van der Waals surface area contributed by atoms with Gasteiger partial charge in [0, 0.05) is 28.5 Å². The van der Waals surface area contributed by atoms with E-state index in [0.717, 1.165) is 23.3 Å². The van der Waals surface area contributed by atoms with E-state index in [9.17, 15) is 18.0 Å². The number of thiophene rings is 1. The topological polar surface area (TPSA) is 137 Å². The lowest BCUT2D eigenvalue weighted by molar-refractivity contribution is -0.200. The normalized spacial score (nSPS) is 24.0. The first kappa shape index (κ1) is 25.8. The Hall–Kier alpha value is -2.31. The van der Waals surface area contributed by atoms with Crippen LogP contribution in [-0.2, 0) is 33.7 Å². The molecular weight excluding hydrogens is 490 g/mol. The van der Waals surface area contributed by atoms with Crippen molar-refractivity contribution in [2.75, 3.05) is 24.2 Å². The predicted octanol–water partition coefficient (Wildman–Crippen LogP) is 3.07. The number of hydroxylamine groups is 1. The van der Waals surface area contributed by atoms with Gasteiger partial charge >= 0.3 is 0 Å². The molecule has 2 aromatic rings. The largest absolute Gasteiger partial charge is 0.350 e. The monoisotopic (exact) mass is 521 g/mol. The van der Waals surface area contributed by atoms with Crippen molar-refractivity contribution >= 4 is 38.7 Å². The minimum absolute atomic E-state index is 0.0424.